The van der Waals surface area contributed by atoms with Crippen molar-refractivity contribution in [3.8, 4) is 0 Å². The van der Waals surface area contributed by atoms with E-state index in [4.69, 9.17) is 19.9 Å². The lowest BCUT2D eigenvalue weighted by Gasteiger charge is -2.46. The molecule has 10 N–H and O–H groups in total. The molecule has 0 aromatic heterocycles. The van der Waals surface area contributed by atoms with Gasteiger partial charge in [0, 0.05) is 0 Å². The van der Waals surface area contributed by atoms with Crippen molar-refractivity contribution in [2.75, 3.05) is 19.8 Å². The summed E-state index contributed by atoms with van der Waals surface area (Å²) in [7, 11) is 0. The summed E-state index contributed by atoms with van der Waals surface area (Å²) in [6.07, 6.45) is -15.3. The predicted molar refractivity (Wildman–Crippen MR) is 83.6 cm³/mol. The number of aliphatic hydroxyl groups is 7. The van der Waals surface area contributed by atoms with Gasteiger partial charge in [0.2, 0.25) is 5.91 Å². The average Bonchev–Trinajstić information content (AvgIpc) is 2.67. The Kier molecular flexibility index (Phi) is 7.84. The molecule has 2 fully saturated rings. The van der Waals surface area contributed by atoms with Crippen LogP contribution in [-0.2, 0) is 19.0 Å². The van der Waals surface area contributed by atoms with E-state index in [9.17, 15) is 40.5 Å². The van der Waals surface area contributed by atoms with Gasteiger partial charge in [-0.25, -0.2) is 0 Å². The smallest absolute Gasteiger partial charge is 0.235 e. The Morgan fingerprint density at radius 1 is 0.889 bits per heavy atom. The minimum Gasteiger partial charge on any atom is -0.394 e. The van der Waals surface area contributed by atoms with E-state index in [-0.39, 0.29) is 0 Å². The first-order valence-corrected chi connectivity index (χ1v) is 8.33. The summed E-state index contributed by atoms with van der Waals surface area (Å²) in [5.41, 5.74) is 5.16. The number of ether oxygens (including phenoxy) is 3. The summed E-state index contributed by atoms with van der Waals surface area (Å²) in [4.78, 5) is 11.4. The monoisotopic (exact) mass is 398 g/mol. The summed E-state index contributed by atoms with van der Waals surface area (Å²) >= 11 is 0. The predicted octanol–water partition coefficient (Wildman–Crippen LogP) is -6.31. The zero-order valence-corrected chi connectivity index (χ0v) is 14.2. The van der Waals surface area contributed by atoms with Gasteiger partial charge in [0.15, 0.2) is 12.5 Å². The molecule has 27 heavy (non-hydrogen) atoms. The van der Waals surface area contributed by atoms with Crippen LogP contribution in [0.3, 0.4) is 0 Å². The van der Waals surface area contributed by atoms with Crippen molar-refractivity contribution >= 4 is 5.91 Å². The van der Waals surface area contributed by atoms with Crippen LogP contribution in [0, 0.1) is 0 Å². The molecule has 2 rings (SSSR count). The van der Waals surface area contributed by atoms with Crippen molar-refractivity contribution in [2.24, 2.45) is 5.73 Å². The molecule has 0 bridgehead atoms. The van der Waals surface area contributed by atoms with Gasteiger partial charge in [0.05, 0.1) is 19.8 Å². The highest BCUT2D eigenvalue weighted by Crippen LogP contribution is 2.28. The van der Waals surface area contributed by atoms with E-state index in [1.165, 1.54) is 0 Å². The van der Waals surface area contributed by atoms with Gasteiger partial charge in [-0.15, -0.1) is 0 Å². The summed E-state index contributed by atoms with van der Waals surface area (Å²) in [6, 6.07) is 0. The third kappa shape index (κ3) is 4.72. The molecule has 0 spiro atoms. The lowest BCUT2D eigenvalue weighted by atomic mass is 9.96. The Balaban J connectivity index is 2.11. The molecule has 1 amide bonds. The van der Waals surface area contributed by atoms with Crippen molar-refractivity contribution in [2.45, 2.75) is 61.3 Å². The molecular weight excluding hydrogens is 372 g/mol. The molecule has 0 radical (unpaired) electrons. The molecule has 2 heterocycles. The second kappa shape index (κ2) is 9.49. The molecule has 0 saturated carbocycles. The van der Waals surface area contributed by atoms with Crippen LogP contribution in [0.25, 0.3) is 0 Å². The first-order chi connectivity index (χ1) is 12.7. The van der Waals surface area contributed by atoms with Crippen LogP contribution in [-0.4, -0.2) is 123 Å². The highest BCUT2D eigenvalue weighted by molar-refractivity contribution is 5.78. The van der Waals surface area contributed by atoms with Crippen LogP contribution < -0.4 is 11.1 Å². The number of carbonyl (C=O) groups is 1. The Morgan fingerprint density at radius 3 is 2.07 bits per heavy atom. The van der Waals surface area contributed by atoms with Gasteiger partial charge in [-0.05, 0) is 0 Å². The van der Waals surface area contributed by atoms with Gasteiger partial charge in [0.25, 0.3) is 0 Å². The van der Waals surface area contributed by atoms with Gasteiger partial charge < -0.3 is 61.0 Å². The van der Waals surface area contributed by atoms with Gasteiger partial charge >= 0.3 is 0 Å². The summed E-state index contributed by atoms with van der Waals surface area (Å²) in [5, 5.41) is 70.9. The lowest BCUT2D eigenvalue weighted by molar-refractivity contribution is -0.343. The van der Waals surface area contributed by atoms with Crippen molar-refractivity contribution in [1.29, 1.82) is 0 Å². The Morgan fingerprint density at radius 2 is 1.52 bits per heavy atom. The van der Waals surface area contributed by atoms with Gasteiger partial charge in [-0.2, -0.15) is 0 Å². The number of aliphatic hydroxyl groups excluding tert-OH is 7. The standard InChI is InChI=1S/C14H26N2O11/c15-1-6(19)16-13-10(23)9(22)12(5(3-18)25-13)27-14-11(24)8(21)7(20)4(2-17)26-14/h4-5,7-14,17-18,20-24H,1-3,15H2,(H,16,19). The normalized spacial score (nSPS) is 45.5. The molecule has 0 aromatic rings. The summed E-state index contributed by atoms with van der Waals surface area (Å²) in [6.45, 7) is -1.77. The molecule has 2 saturated heterocycles. The Labute approximate surface area is 153 Å². The van der Waals surface area contributed by atoms with Crippen LogP contribution in [0.2, 0.25) is 0 Å². The molecular formula is C14H26N2O11. The van der Waals surface area contributed by atoms with E-state index in [0.29, 0.717) is 0 Å². The van der Waals surface area contributed by atoms with Gasteiger partial charge in [-0.1, -0.05) is 0 Å². The summed E-state index contributed by atoms with van der Waals surface area (Å²) < 4.78 is 15.9. The Bertz CT molecular complexity index is 494. The fourth-order valence-electron chi connectivity index (χ4n) is 2.93. The quantitative estimate of drug-likeness (QED) is 0.204. The first-order valence-electron chi connectivity index (χ1n) is 8.33. The van der Waals surface area contributed by atoms with Crippen LogP contribution in [0.1, 0.15) is 0 Å². The fraction of sp³-hybridized carbons (Fsp3) is 0.929. The zero-order valence-electron chi connectivity index (χ0n) is 14.2. The van der Waals surface area contributed by atoms with Crippen molar-refractivity contribution in [3.05, 3.63) is 0 Å². The fourth-order valence-corrected chi connectivity index (χ4v) is 2.93. The average molecular weight is 398 g/mol. The largest absolute Gasteiger partial charge is 0.394 e. The molecule has 2 aliphatic rings. The van der Waals surface area contributed by atoms with E-state index in [1.807, 2.05) is 0 Å². The molecule has 158 valence electrons. The molecule has 0 aliphatic carbocycles. The third-order valence-corrected chi connectivity index (χ3v) is 4.49. The molecule has 10 atom stereocenters. The van der Waals surface area contributed by atoms with E-state index in [0.717, 1.165) is 0 Å². The SMILES string of the molecule is NCC(=O)NC1OC(CO)C(OC2OC(CO)C(O)C(O)C2O)C(O)C1O. The van der Waals surface area contributed by atoms with Crippen LogP contribution >= 0.6 is 0 Å². The van der Waals surface area contributed by atoms with E-state index >= 15 is 0 Å². The number of carbonyl (C=O) groups excluding carboxylic acids is 1. The molecule has 2 aliphatic heterocycles. The number of rotatable bonds is 6. The van der Waals surface area contributed by atoms with E-state index in [1.54, 1.807) is 0 Å². The van der Waals surface area contributed by atoms with Crippen molar-refractivity contribution in [1.82, 2.24) is 5.32 Å². The highest BCUT2D eigenvalue weighted by Gasteiger charge is 2.50. The molecule has 13 heteroatoms. The third-order valence-electron chi connectivity index (χ3n) is 4.49. The zero-order chi connectivity index (χ0) is 20.3. The van der Waals surface area contributed by atoms with Gasteiger partial charge in [0.1, 0.15) is 48.8 Å². The van der Waals surface area contributed by atoms with Crippen LogP contribution in [0.5, 0.6) is 0 Å². The number of amides is 1. The van der Waals surface area contributed by atoms with Crippen LogP contribution in [0.15, 0.2) is 0 Å². The minimum atomic E-state index is -1.75. The number of nitrogens with one attached hydrogen (secondary N) is 1. The maximum absolute atomic E-state index is 11.4. The topological polar surface area (TPSA) is 224 Å². The van der Waals surface area contributed by atoms with Crippen LogP contribution in [0.4, 0.5) is 0 Å². The van der Waals surface area contributed by atoms with Crippen molar-refractivity contribution in [3.63, 3.8) is 0 Å². The maximum atomic E-state index is 11.4. The van der Waals surface area contributed by atoms with E-state index < -0.39 is 87.0 Å². The number of nitrogens with two attached hydrogens (primary N) is 1. The highest BCUT2D eigenvalue weighted by atomic mass is 16.7. The molecule has 10 unspecified atom stereocenters. The number of hydrogen-bond donors (Lipinski definition) is 9. The molecule has 0 aromatic carbocycles. The first kappa shape index (κ1) is 22.3. The molecule has 13 nitrogen and oxygen atoms in total. The number of hydrogen-bond acceptors (Lipinski definition) is 12. The second-order valence-corrected chi connectivity index (χ2v) is 6.33. The van der Waals surface area contributed by atoms with Crippen molar-refractivity contribution < 1.29 is 54.8 Å². The lowest BCUT2D eigenvalue weighted by Crippen LogP contribution is -2.66. The second-order valence-electron chi connectivity index (χ2n) is 6.33. The minimum absolute atomic E-state index is 0.392. The summed E-state index contributed by atoms with van der Waals surface area (Å²) in [5.74, 6) is -0.670. The Hall–Kier alpha value is -0.970. The maximum Gasteiger partial charge on any atom is 0.235 e. The van der Waals surface area contributed by atoms with E-state index in [2.05, 4.69) is 5.32 Å². The van der Waals surface area contributed by atoms with Gasteiger partial charge in [-0.3, -0.25) is 4.79 Å².